The van der Waals surface area contributed by atoms with Crippen molar-refractivity contribution in [2.24, 2.45) is 4.99 Å². The van der Waals surface area contributed by atoms with E-state index in [4.69, 9.17) is 0 Å². The Labute approximate surface area is 155 Å². The van der Waals surface area contributed by atoms with Gasteiger partial charge in [0.1, 0.15) is 5.01 Å². The second kappa shape index (κ2) is 9.00. The molecule has 1 atom stereocenters. The first-order chi connectivity index (χ1) is 12.3. The zero-order valence-corrected chi connectivity index (χ0v) is 15.7. The van der Waals surface area contributed by atoms with Crippen LogP contribution in [-0.2, 0) is 12.7 Å². The maximum absolute atomic E-state index is 12.6. The van der Waals surface area contributed by atoms with Crippen LogP contribution in [0.15, 0.2) is 40.7 Å². The van der Waals surface area contributed by atoms with E-state index in [9.17, 15) is 13.2 Å². The van der Waals surface area contributed by atoms with Gasteiger partial charge in [-0.3, -0.25) is 4.99 Å². The third-order valence-corrected chi connectivity index (χ3v) is 4.59. The van der Waals surface area contributed by atoms with Gasteiger partial charge in [0.25, 0.3) is 0 Å². The van der Waals surface area contributed by atoms with Crippen molar-refractivity contribution in [3.05, 3.63) is 52.0 Å². The number of rotatable bonds is 6. The highest BCUT2D eigenvalue weighted by atomic mass is 32.1. The van der Waals surface area contributed by atoms with Gasteiger partial charge in [-0.2, -0.15) is 13.2 Å². The van der Waals surface area contributed by atoms with Gasteiger partial charge in [0, 0.05) is 19.0 Å². The first kappa shape index (κ1) is 20.2. The highest BCUT2D eigenvalue weighted by Crippen LogP contribution is 2.29. The van der Waals surface area contributed by atoms with E-state index in [0.717, 1.165) is 22.3 Å². The van der Waals surface area contributed by atoms with Gasteiger partial charge < -0.3 is 15.5 Å². The summed E-state index contributed by atoms with van der Waals surface area (Å²) in [6.07, 6.45) is -4.41. The summed E-state index contributed by atoms with van der Waals surface area (Å²) in [6.45, 7) is 0.779. The van der Waals surface area contributed by atoms with Crippen LogP contribution in [0.1, 0.15) is 22.3 Å². The van der Waals surface area contributed by atoms with Crippen LogP contribution in [0.5, 0.6) is 0 Å². The SMILES string of the molecule is CN=C(NCc1nc(C(F)(F)F)cs1)NCC(c1ccccc1)N(C)C. The number of guanidine groups is 1. The van der Waals surface area contributed by atoms with Gasteiger partial charge in [-0.05, 0) is 19.7 Å². The Hall–Kier alpha value is -2.13. The molecule has 1 heterocycles. The Morgan fingerprint density at radius 3 is 2.46 bits per heavy atom. The molecule has 0 spiro atoms. The van der Waals surface area contributed by atoms with E-state index in [0.29, 0.717) is 17.5 Å². The van der Waals surface area contributed by atoms with E-state index in [1.807, 2.05) is 32.3 Å². The van der Waals surface area contributed by atoms with Crippen molar-refractivity contribution < 1.29 is 13.2 Å². The summed E-state index contributed by atoms with van der Waals surface area (Å²) in [6, 6.07) is 10.2. The third kappa shape index (κ3) is 5.70. The van der Waals surface area contributed by atoms with E-state index in [1.54, 1.807) is 7.05 Å². The highest BCUT2D eigenvalue weighted by molar-refractivity contribution is 7.09. The molecule has 0 amide bonds. The van der Waals surface area contributed by atoms with Gasteiger partial charge >= 0.3 is 6.18 Å². The van der Waals surface area contributed by atoms with Crippen LogP contribution >= 0.6 is 11.3 Å². The van der Waals surface area contributed by atoms with E-state index in [1.165, 1.54) is 0 Å². The van der Waals surface area contributed by atoms with Crippen LogP contribution in [0.25, 0.3) is 0 Å². The van der Waals surface area contributed by atoms with Gasteiger partial charge in [0.2, 0.25) is 0 Å². The minimum absolute atomic E-state index is 0.131. The normalized spacial score (nSPS) is 13.7. The number of benzene rings is 1. The predicted molar refractivity (Wildman–Crippen MR) is 98.2 cm³/mol. The van der Waals surface area contributed by atoms with Crippen LogP contribution in [0, 0.1) is 0 Å². The molecule has 0 aliphatic carbocycles. The summed E-state index contributed by atoms with van der Waals surface area (Å²) < 4.78 is 37.8. The lowest BCUT2D eigenvalue weighted by Crippen LogP contribution is -2.41. The minimum atomic E-state index is -4.41. The molecule has 2 rings (SSSR count). The summed E-state index contributed by atoms with van der Waals surface area (Å²) in [5, 5.41) is 7.58. The van der Waals surface area contributed by atoms with E-state index < -0.39 is 11.9 Å². The van der Waals surface area contributed by atoms with Crippen molar-refractivity contribution in [2.45, 2.75) is 18.8 Å². The quantitative estimate of drug-likeness (QED) is 0.593. The molecular formula is C17H22F3N5S. The van der Waals surface area contributed by atoms with E-state index in [-0.39, 0.29) is 12.6 Å². The van der Waals surface area contributed by atoms with Gasteiger partial charge in [-0.1, -0.05) is 30.3 Å². The van der Waals surface area contributed by atoms with Crippen LogP contribution in [-0.4, -0.2) is 43.5 Å². The minimum Gasteiger partial charge on any atom is -0.354 e. The average molecular weight is 385 g/mol. The Balaban J connectivity index is 1.92. The lowest BCUT2D eigenvalue weighted by atomic mass is 10.1. The largest absolute Gasteiger partial charge is 0.434 e. The average Bonchev–Trinajstić information content (AvgIpc) is 3.08. The van der Waals surface area contributed by atoms with Crippen molar-refractivity contribution in [1.29, 1.82) is 0 Å². The lowest BCUT2D eigenvalue weighted by Gasteiger charge is -2.26. The van der Waals surface area contributed by atoms with Crippen molar-refractivity contribution in [3.8, 4) is 0 Å². The lowest BCUT2D eigenvalue weighted by molar-refractivity contribution is -0.140. The molecule has 0 saturated heterocycles. The molecule has 0 radical (unpaired) electrons. The molecule has 1 aromatic carbocycles. The van der Waals surface area contributed by atoms with Crippen molar-refractivity contribution in [3.63, 3.8) is 0 Å². The summed E-state index contributed by atoms with van der Waals surface area (Å²) in [5.41, 5.74) is 0.300. The number of alkyl halides is 3. The maximum atomic E-state index is 12.6. The maximum Gasteiger partial charge on any atom is 0.434 e. The summed E-state index contributed by atoms with van der Waals surface area (Å²) in [4.78, 5) is 9.80. The molecule has 26 heavy (non-hydrogen) atoms. The van der Waals surface area contributed by atoms with Crippen molar-refractivity contribution >= 4 is 17.3 Å². The fourth-order valence-corrected chi connectivity index (χ4v) is 3.11. The number of nitrogens with one attached hydrogen (secondary N) is 2. The second-order valence-electron chi connectivity index (χ2n) is 5.82. The van der Waals surface area contributed by atoms with Gasteiger partial charge in [0.05, 0.1) is 12.6 Å². The predicted octanol–water partition coefficient (Wildman–Crippen LogP) is 3.13. The number of nitrogens with zero attached hydrogens (tertiary/aromatic N) is 3. The van der Waals surface area contributed by atoms with Gasteiger partial charge in [-0.25, -0.2) is 4.98 Å². The Kier molecular flexibility index (Phi) is 6.98. The number of hydrogen-bond acceptors (Lipinski definition) is 4. The number of halogens is 3. The molecule has 2 N–H and O–H groups in total. The van der Waals surface area contributed by atoms with E-state index in [2.05, 4.69) is 37.6 Å². The van der Waals surface area contributed by atoms with E-state index >= 15 is 0 Å². The number of aliphatic imine (C=N–C) groups is 1. The molecule has 2 aromatic rings. The molecule has 0 aliphatic rings. The second-order valence-corrected chi connectivity index (χ2v) is 6.76. The first-order valence-electron chi connectivity index (χ1n) is 7.98. The summed E-state index contributed by atoms with van der Waals surface area (Å²) in [5.74, 6) is 0.511. The van der Waals surface area contributed by atoms with Gasteiger partial charge in [0.15, 0.2) is 11.7 Å². The molecule has 5 nitrogen and oxygen atoms in total. The standard InChI is InChI=1S/C17H22F3N5S/c1-21-16(23-10-15-24-14(11-26-15)17(18,19)20)22-9-13(25(2)3)12-7-5-4-6-8-12/h4-8,11,13H,9-10H2,1-3H3,(H2,21,22,23). The van der Waals surface area contributed by atoms with Crippen molar-refractivity contribution in [2.75, 3.05) is 27.7 Å². The Bertz CT molecular complexity index is 713. The smallest absolute Gasteiger partial charge is 0.354 e. The Morgan fingerprint density at radius 2 is 1.92 bits per heavy atom. The molecule has 1 unspecified atom stereocenters. The van der Waals surface area contributed by atoms with Crippen molar-refractivity contribution in [1.82, 2.24) is 20.5 Å². The van der Waals surface area contributed by atoms with Gasteiger partial charge in [-0.15, -0.1) is 11.3 Å². The number of thiazole rings is 1. The number of likely N-dealkylation sites (N-methyl/N-ethyl adjacent to an activating group) is 1. The van der Waals surface area contributed by atoms with Crippen LogP contribution < -0.4 is 10.6 Å². The molecule has 9 heteroatoms. The molecule has 1 aromatic heterocycles. The molecular weight excluding hydrogens is 363 g/mol. The topological polar surface area (TPSA) is 52.6 Å². The molecule has 0 fully saturated rings. The Morgan fingerprint density at radius 1 is 1.23 bits per heavy atom. The zero-order chi connectivity index (χ0) is 19.2. The number of aromatic nitrogens is 1. The zero-order valence-electron chi connectivity index (χ0n) is 14.8. The molecule has 0 saturated carbocycles. The molecule has 0 bridgehead atoms. The fourth-order valence-electron chi connectivity index (χ4n) is 2.37. The first-order valence-corrected chi connectivity index (χ1v) is 8.86. The van der Waals surface area contributed by atoms with Crippen LogP contribution in [0.2, 0.25) is 0 Å². The monoisotopic (exact) mass is 385 g/mol. The fraction of sp³-hybridized carbons (Fsp3) is 0.412. The third-order valence-electron chi connectivity index (χ3n) is 3.74. The van der Waals surface area contributed by atoms with Crippen LogP contribution in [0.4, 0.5) is 13.2 Å². The van der Waals surface area contributed by atoms with Crippen LogP contribution in [0.3, 0.4) is 0 Å². The highest BCUT2D eigenvalue weighted by Gasteiger charge is 2.33. The molecule has 142 valence electrons. The number of hydrogen-bond donors (Lipinski definition) is 2. The summed E-state index contributed by atoms with van der Waals surface area (Å²) >= 11 is 0.970. The summed E-state index contributed by atoms with van der Waals surface area (Å²) in [7, 11) is 5.60. The molecule has 0 aliphatic heterocycles.